The summed E-state index contributed by atoms with van der Waals surface area (Å²) in [5.41, 5.74) is 12.0. The Morgan fingerprint density at radius 1 is 1.08 bits per heavy atom. The minimum atomic E-state index is 0.323. The summed E-state index contributed by atoms with van der Waals surface area (Å²) < 4.78 is 0. The second-order valence-corrected chi connectivity index (χ2v) is 4.61. The molecule has 0 saturated heterocycles. The monoisotopic (exact) mass is 184 g/mol. The van der Waals surface area contributed by atoms with Crippen LogP contribution < -0.4 is 11.5 Å². The molecule has 2 unspecified atom stereocenters. The molecule has 0 spiro atoms. The average molecular weight is 184 g/mol. The number of nitrogens with two attached hydrogens (primary N) is 2. The van der Waals surface area contributed by atoms with Crippen molar-refractivity contribution in [1.82, 2.24) is 0 Å². The molecule has 2 heteroatoms. The first-order valence-electron chi connectivity index (χ1n) is 5.71. The number of hydrogen-bond acceptors (Lipinski definition) is 2. The Balaban J connectivity index is 2.41. The molecule has 0 aromatic rings. The third kappa shape index (κ3) is 4.10. The van der Waals surface area contributed by atoms with Gasteiger partial charge in [0, 0.05) is 12.1 Å². The van der Waals surface area contributed by atoms with Gasteiger partial charge in [-0.25, -0.2) is 0 Å². The Bertz CT molecular complexity index is 134. The summed E-state index contributed by atoms with van der Waals surface area (Å²) in [6.45, 7) is 2.12. The van der Waals surface area contributed by atoms with Gasteiger partial charge in [-0.1, -0.05) is 25.7 Å². The van der Waals surface area contributed by atoms with Crippen LogP contribution in [0.15, 0.2) is 0 Å². The summed E-state index contributed by atoms with van der Waals surface area (Å²) in [5.74, 6) is 0.660. The molecule has 1 aliphatic carbocycles. The van der Waals surface area contributed by atoms with Crippen molar-refractivity contribution in [1.29, 1.82) is 0 Å². The summed E-state index contributed by atoms with van der Waals surface area (Å²) in [6, 6.07) is 0.721. The van der Waals surface area contributed by atoms with Crippen molar-refractivity contribution in [3.63, 3.8) is 0 Å². The third-order valence-electron chi connectivity index (χ3n) is 3.25. The first kappa shape index (κ1) is 11.0. The zero-order valence-corrected chi connectivity index (χ0v) is 8.84. The van der Waals surface area contributed by atoms with E-state index in [2.05, 4.69) is 6.92 Å². The van der Waals surface area contributed by atoms with E-state index in [9.17, 15) is 0 Å². The van der Waals surface area contributed by atoms with Crippen LogP contribution in [0.2, 0.25) is 0 Å². The highest BCUT2D eigenvalue weighted by Crippen LogP contribution is 2.22. The highest BCUT2D eigenvalue weighted by Gasteiger charge is 2.18. The van der Waals surface area contributed by atoms with E-state index in [4.69, 9.17) is 11.5 Å². The molecule has 0 aliphatic heterocycles. The SMILES string of the molecule is C[C@@H](N)C1CCCCCCC(N)C1. The Kier molecular flexibility index (Phi) is 4.74. The molecule has 1 aliphatic rings. The van der Waals surface area contributed by atoms with Gasteiger partial charge in [0.05, 0.1) is 0 Å². The largest absolute Gasteiger partial charge is 0.328 e. The predicted octanol–water partition coefficient (Wildman–Crippen LogP) is 2.02. The zero-order chi connectivity index (χ0) is 9.68. The van der Waals surface area contributed by atoms with E-state index >= 15 is 0 Å². The van der Waals surface area contributed by atoms with Crippen LogP contribution in [0.4, 0.5) is 0 Å². The van der Waals surface area contributed by atoms with Crippen LogP contribution in [0.5, 0.6) is 0 Å². The van der Waals surface area contributed by atoms with Gasteiger partial charge in [0.1, 0.15) is 0 Å². The molecule has 13 heavy (non-hydrogen) atoms. The van der Waals surface area contributed by atoms with E-state index < -0.39 is 0 Å². The van der Waals surface area contributed by atoms with Gasteiger partial charge < -0.3 is 11.5 Å². The van der Waals surface area contributed by atoms with Gasteiger partial charge in [-0.05, 0) is 32.1 Å². The molecule has 1 saturated carbocycles. The fourth-order valence-corrected chi connectivity index (χ4v) is 2.27. The smallest absolute Gasteiger partial charge is 0.00420 e. The first-order chi connectivity index (χ1) is 6.20. The molecule has 0 bridgehead atoms. The lowest BCUT2D eigenvalue weighted by atomic mass is 9.89. The van der Waals surface area contributed by atoms with Crippen LogP contribution in [0.3, 0.4) is 0 Å². The average Bonchev–Trinajstić information content (AvgIpc) is 2.16. The fourth-order valence-electron chi connectivity index (χ4n) is 2.27. The van der Waals surface area contributed by atoms with Crippen molar-refractivity contribution in [2.75, 3.05) is 0 Å². The van der Waals surface area contributed by atoms with Gasteiger partial charge in [-0.15, -0.1) is 0 Å². The third-order valence-corrected chi connectivity index (χ3v) is 3.25. The molecule has 4 N–H and O–H groups in total. The van der Waals surface area contributed by atoms with Crippen LogP contribution >= 0.6 is 0 Å². The van der Waals surface area contributed by atoms with Crippen LogP contribution in [0.1, 0.15) is 51.9 Å². The summed E-state index contributed by atoms with van der Waals surface area (Å²) in [7, 11) is 0. The zero-order valence-electron chi connectivity index (χ0n) is 8.84. The minimum absolute atomic E-state index is 0.323. The summed E-state index contributed by atoms with van der Waals surface area (Å²) in [6.07, 6.45) is 9.01. The molecule has 0 aromatic carbocycles. The maximum atomic E-state index is 6.05. The number of rotatable bonds is 1. The lowest BCUT2D eigenvalue weighted by molar-refractivity contribution is 0.348. The van der Waals surface area contributed by atoms with E-state index in [1.165, 1.54) is 38.5 Å². The Hall–Kier alpha value is -0.0800. The molecule has 1 fully saturated rings. The van der Waals surface area contributed by atoms with Crippen molar-refractivity contribution in [3.05, 3.63) is 0 Å². The number of hydrogen-bond donors (Lipinski definition) is 2. The van der Waals surface area contributed by atoms with Crippen molar-refractivity contribution in [3.8, 4) is 0 Å². The van der Waals surface area contributed by atoms with Crippen molar-refractivity contribution in [2.24, 2.45) is 17.4 Å². The van der Waals surface area contributed by atoms with E-state index in [0.717, 1.165) is 6.42 Å². The van der Waals surface area contributed by atoms with Crippen LogP contribution in [-0.2, 0) is 0 Å². The Morgan fingerprint density at radius 3 is 2.31 bits per heavy atom. The van der Waals surface area contributed by atoms with E-state index in [1.807, 2.05) is 0 Å². The quantitative estimate of drug-likeness (QED) is 0.655. The first-order valence-corrected chi connectivity index (χ1v) is 5.71. The van der Waals surface area contributed by atoms with Crippen LogP contribution in [-0.4, -0.2) is 12.1 Å². The molecular weight excluding hydrogens is 160 g/mol. The summed E-state index contributed by atoms with van der Waals surface area (Å²) in [5, 5.41) is 0. The maximum Gasteiger partial charge on any atom is 0.00420 e. The molecule has 1 rings (SSSR count). The fraction of sp³-hybridized carbons (Fsp3) is 1.00. The van der Waals surface area contributed by atoms with Gasteiger partial charge in [-0.2, -0.15) is 0 Å². The van der Waals surface area contributed by atoms with Gasteiger partial charge in [0.15, 0.2) is 0 Å². The normalized spacial score (nSPS) is 34.4. The molecule has 0 heterocycles. The van der Waals surface area contributed by atoms with E-state index in [0.29, 0.717) is 18.0 Å². The molecule has 0 aromatic heterocycles. The van der Waals surface area contributed by atoms with Crippen LogP contribution in [0, 0.1) is 5.92 Å². The lowest BCUT2D eigenvalue weighted by Gasteiger charge is -2.22. The maximum absolute atomic E-state index is 6.05. The lowest BCUT2D eigenvalue weighted by Crippen LogP contribution is -2.32. The topological polar surface area (TPSA) is 52.0 Å². The van der Waals surface area contributed by atoms with Crippen molar-refractivity contribution < 1.29 is 0 Å². The Morgan fingerprint density at radius 2 is 1.69 bits per heavy atom. The van der Waals surface area contributed by atoms with E-state index in [-0.39, 0.29) is 0 Å². The molecule has 78 valence electrons. The summed E-state index contributed by atoms with van der Waals surface area (Å²) >= 11 is 0. The van der Waals surface area contributed by atoms with Gasteiger partial charge in [0.25, 0.3) is 0 Å². The highest BCUT2D eigenvalue weighted by molar-refractivity contribution is 4.76. The molecular formula is C11H24N2. The Labute approximate surface area is 82.1 Å². The van der Waals surface area contributed by atoms with Crippen molar-refractivity contribution >= 4 is 0 Å². The molecule has 2 nitrogen and oxygen atoms in total. The highest BCUT2D eigenvalue weighted by atomic mass is 14.7. The summed E-state index contributed by atoms with van der Waals surface area (Å²) in [4.78, 5) is 0. The second-order valence-electron chi connectivity index (χ2n) is 4.61. The second kappa shape index (κ2) is 5.61. The predicted molar refractivity (Wildman–Crippen MR) is 57.4 cm³/mol. The van der Waals surface area contributed by atoms with Crippen LogP contribution in [0.25, 0.3) is 0 Å². The standard InChI is InChI=1S/C11H24N2/c1-9(12)10-6-4-2-3-5-7-11(13)8-10/h9-11H,2-8,12-13H2,1H3/t9-,10?,11?/m1/s1. The minimum Gasteiger partial charge on any atom is -0.328 e. The van der Waals surface area contributed by atoms with Gasteiger partial charge in [0.2, 0.25) is 0 Å². The molecule has 0 amide bonds. The molecule has 3 atom stereocenters. The van der Waals surface area contributed by atoms with Gasteiger partial charge in [-0.3, -0.25) is 0 Å². The van der Waals surface area contributed by atoms with Crippen molar-refractivity contribution in [2.45, 2.75) is 64.0 Å². The van der Waals surface area contributed by atoms with Gasteiger partial charge >= 0.3 is 0 Å². The van der Waals surface area contributed by atoms with E-state index in [1.54, 1.807) is 0 Å². The molecule has 0 radical (unpaired) electrons.